The van der Waals surface area contributed by atoms with Gasteiger partial charge < -0.3 is 9.67 Å². The number of carbonyl (C=O) groups is 1. The van der Waals surface area contributed by atoms with E-state index >= 15 is 0 Å². The fourth-order valence-corrected chi connectivity index (χ4v) is 3.23. The van der Waals surface area contributed by atoms with Crippen LogP contribution in [0.2, 0.25) is 0 Å². The molecule has 2 aromatic rings. The summed E-state index contributed by atoms with van der Waals surface area (Å²) >= 11 is 1.69. The van der Waals surface area contributed by atoms with Gasteiger partial charge in [-0.25, -0.2) is 9.78 Å². The van der Waals surface area contributed by atoms with Crippen molar-refractivity contribution >= 4 is 17.3 Å². The summed E-state index contributed by atoms with van der Waals surface area (Å²) in [6.45, 7) is 2.06. The second-order valence-electron chi connectivity index (χ2n) is 4.61. The van der Waals surface area contributed by atoms with Crippen molar-refractivity contribution < 1.29 is 9.90 Å². The zero-order valence-electron chi connectivity index (χ0n) is 10.1. The summed E-state index contributed by atoms with van der Waals surface area (Å²) in [4.78, 5) is 18.1. The van der Waals surface area contributed by atoms with Crippen LogP contribution in [0.5, 0.6) is 0 Å². The number of fused-ring (bicyclic) bond motifs is 1. The van der Waals surface area contributed by atoms with Crippen LogP contribution in [-0.4, -0.2) is 20.6 Å². The van der Waals surface area contributed by atoms with Crippen LogP contribution in [0.1, 0.15) is 29.6 Å². The number of thiophene rings is 1. The van der Waals surface area contributed by atoms with E-state index in [9.17, 15) is 9.90 Å². The minimum atomic E-state index is -0.762. The maximum Gasteiger partial charge on any atom is 0.326 e. The number of aliphatic carboxylic acids is 1. The second-order valence-corrected chi connectivity index (χ2v) is 5.89. The molecule has 3 heterocycles. The van der Waals surface area contributed by atoms with Gasteiger partial charge in [-0.05, 0) is 31.9 Å². The third-order valence-electron chi connectivity index (χ3n) is 3.30. The molecule has 1 aliphatic heterocycles. The molecule has 1 N–H and O–H groups in total. The van der Waals surface area contributed by atoms with E-state index in [0.717, 1.165) is 29.2 Å². The Hall–Kier alpha value is -1.62. The van der Waals surface area contributed by atoms with Gasteiger partial charge in [0.1, 0.15) is 11.9 Å². The maximum absolute atomic E-state index is 11.2. The highest BCUT2D eigenvalue weighted by Crippen LogP contribution is 2.31. The highest BCUT2D eigenvalue weighted by atomic mass is 32.1. The minimum absolute atomic E-state index is 0.448. The molecule has 0 aromatic carbocycles. The van der Waals surface area contributed by atoms with Crippen LogP contribution in [0.25, 0.3) is 10.6 Å². The Morgan fingerprint density at radius 1 is 1.56 bits per heavy atom. The maximum atomic E-state index is 11.2. The third-order valence-corrected chi connectivity index (χ3v) is 4.32. The van der Waals surface area contributed by atoms with E-state index in [1.165, 1.54) is 4.88 Å². The normalized spacial score (nSPS) is 18.6. The minimum Gasteiger partial charge on any atom is -0.480 e. The van der Waals surface area contributed by atoms with Crippen LogP contribution < -0.4 is 0 Å². The number of hydrogen-bond donors (Lipinski definition) is 1. The quantitative estimate of drug-likeness (QED) is 0.905. The van der Waals surface area contributed by atoms with Crippen molar-refractivity contribution in [2.45, 2.75) is 32.2 Å². The van der Waals surface area contributed by atoms with Gasteiger partial charge in [0.05, 0.1) is 10.6 Å². The van der Waals surface area contributed by atoms with E-state index in [1.54, 1.807) is 11.3 Å². The fraction of sp³-hybridized carbons (Fsp3) is 0.385. The molecule has 5 heteroatoms. The SMILES string of the molecule is Cc1ccc(-c2cn3c(n2)CCCC3C(=O)O)s1. The summed E-state index contributed by atoms with van der Waals surface area (Å²) in [5, 5.41) is 9.22. The molecule has 1 atom stereocenters. The molecule has 0 fully saturated rings. The lowest BCUT2D eigenvalue weighted by atomic mass is 10.1. The smallest absolute Gasteiger partial charge is 0.326 e. The van der Waals surface area contributed by atoms with Crippen LogP contribution in [0, 0.1) is 6.92 Å². The standard InChI is InChI=1S/C13H14N2O2S/c1-8-5-6-11(18-8)9-7-15-10(13(16)17)3-2-4-12(15)14-9/h5-7,10H,2-4H2,1H3,(H,16,17). The molecule has 0 spiro atoms. The van der Waals surface area contributed by atoms with E-state index in [1.807, 2.05) is 16.8 Å². The molecule has 1 aliphatic rings. The van der Waals surface area contributed by atoms with Gasteiger partial charge in [-0.3, -0.25) is 0 Å². The van der Waals surface area contributed by atoms with Gasteiger partial charge in [0.25, 0.3) is 0 Å². The van der Waals surface area contributed by atoms with Crippen LogP contribution in [0.3, 0.4) is 0 Å². The Balaban J connectivity index is 2.03. The zero-order chi connectivity index (χ0) is 12.7. The Morgan fingerprint density at radius 3 is 3.06 bits per heavy atom. The van der Waals surface area contributed by atoms with Gasteiger partial charge in [0.2, 0.25) is 0 Å². The van der Waals surface area contributed by atoms with Crippen molar-refractivity contribution in [1.82, 2.24) is 9.55 Å². The van der Waals surface area contributed by atoms with Gasteiger partial charge in [-0.15, -0.1) is 11.3 Å². The van der Waals surface area contributed by atoms with E-state index < -0.39 is 12.0 Å². The first-order valence-corrected chi connectivity index (χ1v) is 6.84. The molecule has 4 nitrogen and oxygen atoms in total. The molecule has 3 rings (SSSR count). The largest absolute Gasteiger partial charge is 0.480 e. The van der Waals surface area contributed by atoms with Gasteiger partial charge in [0.15, 0.2) is 0 Å². The first kappa shape index (κ1) is 11.5. The Bertz CT molecular complexity index is 600. The van der Waals surface area contributed by atoms with Crippen molar-refractivity contribution in [3.8, 4) is 10.6 Å². The fourth-order valence-electron chi connectivity index (χ4n) is 2.41. The lowest BCUT2D eigenvalue weighted by molar-refractivity contribution is -0.141. The summed E-state index contributed by atoms with van der Waals surface area (Å²) in [6.07, 6.45) is 4.35. The average molecular weight is 262 g/mol. The average Bonchev–Trinajstić information content (AvgIpc) is 2.93. The summed E-state index contributed by atoms with van der Waals surface area (Å²) < 4.78 is 1.83. The summed E-state index contributed by atoms with van der Waals surface area (Å²) in [5.74, 6) is 0.136. The molecule has 0 saturated heterocycles. The number of nitrogens with zero attached hydrogens (tertiary/aromatic N) is 2. The number of hydrogen-bond acceptors (Lipinski definition) is 3. The van der Waals surface area contributed by atoms with Gasteiger partial charge in [0, 0.05) is 17.5 Å². The number of aryl methyl sites for hydroxylation is 2. The number of aromatic nitrogens is 2. The molecule has 2 aromatic heterocycles. The van der Waals surface area contributed by atoms with Crippen LogP contribution in [0.15, 0.2) is 18.3 Å². The Morgan fingerprint density at radius 2 is 2.39 bits per heavy atom. The monoisotopic (exact) mass is 262 g/mol. The van der Waals surface area contributed by atoms with Crippen LogP contribution in [-0.2, 0) is 11.2 Å². The molecular formula is C13H14N2O2S. The van der Waals surface area contributed by atoms with Crippen LogP contribution >= 0.6 is 11.3 Å². The van der Waals surface area contributed by atoms with E-state index in [-0.39, 0.29) is 0 Å². The van der Waals surface area contributed by atoms with Crippen molar-refractivity contribution in [2.24, 2.45) is 0 Å². The van der Waals surface area contributed by atoms with Gasteiger partial charge >= 0.3 is 5.97 Å². The number of rotatable bonds is 2. The molecule has 0 aliphatic carbocycles. The highest BCUT2D eigenvalue weighted by molar-refractivity contribution is 7.15. The van der Waals surface area contributed by atoms with Gasteiger partial charge in [-0.2, -0.15) is 0 Å². The molecule has 1 unspecified atom stereocenters. The lowest BCUT2D eigenvalue weighted by Gasteiger charge is -2.20. The second kappa shape index (κ2) is 4.24. The van der Waals surface area contributed by atoms with E-state index in [0.29, 0.717) is 6.42 Å². The third kappa shape index (κ3) is 1.84. The number of carboxylic acids is 1. The first-order chi connectivity index (χ1) is 8.65. The van der Waals surface area contributed by atoms with Crippen molar-refractivity contribution in [3.63, 3.8) is 0 Å². The topological polar surface area (TPSA) is 55.1 Å². The van der Waals surface area contributed by atoms with Crippen LogP contribution in [0.4, 0.5) is 0 Å². The Kier molecular flexibility index (Phi) is 2.70. The molecule has 0 bridgehead atoms. The molecule has 94 valence electrons. The molecular weight excluding hydrogens is 248 g/mol. The van der Waals surface area contributed by atoms with E-state index in [2.05, 4.69) is 18.0 Å². The molecule has 0 radical (unpaired) electrons. The van der Waals surface area contributed by atoms with Crippen molar-refractivity contribution in [2.75, 3.05) is 0 Å². The van der Waals surface area contributed by atoms with Crippen molar-refractivity contribution in [3.05, 3.63) is 29.0 Å². The summed E-state index contributed by atoms with van der Waals surface area (Å²) in [6, 6.07) is 3.66. The predicted octanol–water partition coefficient (Wildman–Crippen LogP) is 2.88. The summed E-state index contributed by atoms with van der Waals surface area (Å²) in [7, 11) is 0. The van der Waals surface area contributed by atoms with Gasteiger partial charge in [-0.1, -0.05) is 0 Å². The molecule has 0 amide bonds. The number of carboxylic acid groups (broad SMARTS) is 1. The molecule has 18 heavy (non-hydrogen) atoms. The Labute approximate surface area is 109 Å². The number of imidazole rings is 1. The highest BCUT2D eigenvalue weighted by Gasteiger charge is 2.27. The van der Waals surface area contributed by atoms with Crippen molar-refractivity contribution in [1.29, 1.82) is 0 Å². The van der Waals surface area contributed by atoms with E-state index in [4.69, 9.17) is 0 Å². The molecule has 0 saturated carbocycles. The zero-order valence-corrected chi connectivity index (χ0v) is 10.9. The summed E-state index contributed by atoms with van der Waals surface area (Å²) in [5.41, 5.74) is 0.899. The predicted molar refractivity (Wildman–Crippen MR) is 69.9 cm³/mol. The first-order valence-electron chi connectivity index (χ1n) is 6.02. The lowest BCUT2D eigenvalue weighted by Crippen LogP contribution is -2.24.